The van der Waals surface area contributed by atoms with E-state index in [4.69, 9.17) is 4.98 Å². The molecular formula is C12H21N3. The van der Waals surface area contributed by atoms with Crippen LogP contribution in [-0.2, 0) is 0 Å². The second-order valence-corrected chi connectivity index (χ2v) is 4.83. The Hall–Kier alpha value is -0.830. The first-order valence-electron chi connectivity index (χ1n) is 5.95. The minimum Gasteiger partial charge on any atom is -0.346 e. The lowest BCUT2D eigenvalue weighted by atomic mass is 9.95. The summed E-state index contributed by atoms with van der Waals surface area (Å²) in [5.74, 6) is 2.24. The summed E-state index contributed by atoms with van der Waals surface area (Å²) in [6.45, 7) is 8.76. The summed E-state index contributed by atoms with van der Waals surface area (Å²) < 4.78 is 0. The van der Waals surface area contributed by atoms with Crippen molar-refractivity contribution in [3.8, 4) is 0 Å². The second kappa shape index (κ2) is 4.35. The van der Waals surface area contributed by atoms with E-state index in [0.717, 1.165) is 18.9 Å². The zero-order chi connectivity index (χ0) is 10.8. The van der Waals surface area contributed by atoms with Gasteiger partial charge in [0.15, 0.2) is 0 Å². The molecule has 1 aromatic heterocycles. The van der Waals surface area contributed by atoms with Crippen LogP contribution in [0.25, 0.3) is 0 Å². The van der Waals surface area contributed by atoms with Gasteiger partial charge in [0.1, 0.15) is 5.82 Å². The predicted molar refractivity (Wildman–Crippen MR) is 62.3 cm³/mol. The fraction of sp³-hybridized carbons (Fsp3) is 0.750. The SMILES string of the molecule is Cc1[nH]c(C(C)C)nc1C1CCCNC1. The van der Waals surface area contributed by atoms with E-state index in [1.807, 2.05) is 0 Å². The molecule has 1 unspecified atom stereocenters. The maximum Gasteiger partial charge on any atom is 0.109 e. The Balaban J connectivity index is 2.19. The van der Waals surface area contributed by atoms with Crippen molar-refractivity contribution in [1.29, 1.82) is 0 Å². The molecule has 2 rings (SSSR count). The Labute approximate surface area is 91.7 Å². The Kier molecular flexibility index (Phi) is 3.10. The van der Waals surface area contributed by atoms with Gasteiger partial charge in [-0.2, -0.15) is 0 Å². The number of H-pyrrole nitrogens is 1. The predicted octanol–water partition coefficient (Wildman–Crippen LogP) is 2.31. The third-order valence-corrected chi connectivity index (χ3v) is 3.17. The van der Waals surface area contributed by atoms with E-state index in [0.29, 0.717) is 11.8 Å². The van der Waals surface area contributed by atoms with Crippen molar-refractivity contribution in [2.75, 3.05) is 13.1 Å². The number of imidazole rings is 1. The van der Waals surface area contributed by atoms with Gasteiger partial charge in [0.05, 0.1) is 5.69 Å². The molecule has 1 aliphatic rings. The van der Waals surface area contributed by atoms with Crippen LogP contribution in [0.2, 0.25) is 0 Å². The standard InChI is InChI=1S/C12H21N3/c1-8(2)12-14-9(3)11(15-12)10-5-4-6-13-7-10/h8,10,13H,4-7H2,1-3H3,(H,14,15). The average molecular weight is 207 g/mol. The number of aromatic nitrogens is 2. The van der Waals surface area contributed by atoms with Gasteiger partial charge in [-0.1, -0.05) is 13.8 Å². The van der Waals surface area contributed by atoms with Gasteiger partial charge in [0.2, 0.25) is 0 Å². The third-order valence-electron chi connectivity index (χ3n) is 3.17. The molecule has 2 N–H and O–H groups in total. The van der Waals surface area contributed by atoms with Crippen molar-refractivity contribution >= 4 is 0 Å². The molecule has 0 amide bonds. The molecule has 0 spiro atoms. The molecule has 15 heavy (non-hydrogen) atoms. The van der Waals surface area contributed by atoms with Crippen molar-refractivity contribution in [1.82, 2.24) is 15.3 Å². The first kappa shape index (κ1) is 10.7. The van der Waals surface area contributed by atoms with Gasteiger partial charge in [-0.05, 0) is 26.3 Å². The number of aromatic amines is 1. The molecule has 3 nitrogen and oxygen atoms in total. The van der Waals surface area contributed by atoms with Crippen molar-refractivity contribution in [3.05, 3.63) is 17.2 Å². The molecule has 1 aromatic rings. The first-order valence-corrected chi connectivity index (χ1v) is 5.95. The number of rotatable bonds is 2. The quantitative estimate of drug-likeness (QED) is 0.781. The molecule has 0 radical (unpaired) electrons. The Bertz CT molecular complexity index is 322. The monoisotopic (exact) mass is 207 g/mol. The Morgan fingerprint density at radius 1 is 1.40 bits per heavy atom. The zero-order valence-electron chi connectivity index (χ0n) is 9.93. The number of hydrogen-bond donors (Lipinski definition) is 2. The Morgan fingerprint density at radius 3 is 2.73 bits per heavy atom. The number of nitrogens with one attached hydrogen (secondary N) is 2. The van der Waals surface area contributed by atoms with Crippen molar-refractivity contribution < 1.29 is 0 Å². The smallest absolute Gasteiger partial charge is 0.109 e. The van der Waals surface area contributed by atoms with E-state index in [1.54, 1.807) is 0 Å². The van der Waals surface area contributed by atoms with Crippen molar-refractivity contribution in [2.45, 2.75) is 45.4 Å². The molecule has 84 valence electrons. The zero-order valence-corrected chi connectivity index (χ0v) is 9.93. The second-order valence-electron chi connectivity index (χ2n) is 4.83. The lowest BCUT2D eigenvalue weighted by Crippen LogP contribution is -2.28. The molecule has 0 bridgehead atoms. The van der Waals surface area contributed by atoms with Crippen LogP contribution in [0.3, 0.4) is 0 Å². The van der Waals surface area contributed by atoms with Crippen LogP contribution >= 0.6 is 0 Å². The molecule has 1 atom stereocenters. The van der Waals surface area contributed by atoms with Crippen LogP contribution in [0.15, 0.2) is 0 Å². The molecule has 3 heteroatoms. The van der Waals surface area contributed by atoms with E-state index >= 15 is 0 Å². The van der Waals surface area contributed by atoms with Gasteiger partial charge in [-0.25, -0.2) is 4.98 Å². The van der Waals surface area contributed by atoms with E-state index in [2.05, 4.69) is 31.1 Å². The van der Waals surface area contributed by atoms with Crippen LogP contribution < -0.4 is 5.32 Å². The Morgan fingerprint density at radius 2 is 2.20 bits per heavy atom. The fourth-order valence-corrected chi connectivity index (χ4v) is 2.25. The molecular weight excluding hydrogens is 186 g/mol. The maximum absolute atomic E-state index is 4.74. The minimum atomic E-state index is 0.494. The lowest BCUT2D eigenvalue weighted by Gasteiger charge is -2.21. The van der Waals surface area contributed by atoms with Gasteiger partial charge < -0.3 is 10.3 Å². The number of hydrogen-bond acceptors (Lipinski definition) is 2. The van der Waals surface area contributed by atoms with Crippen LogP contribution in [0, 0.1) is 6.92 Å². The molecule has 1 fully saturated rings. The molecule has 0 saturated carbocycles. The van der Waals surface area contributed by atoms with Gasteiger partial charge >= 0.3 is 0 Å². The summed E-state index contributed by atoms with van der Waals surface area (Å²) in [5, 5.41) is 3.45. The van der Waals surface area contributed by atoms with Gasteiger partial charge in [-0.3, -0.25) is 0 Å². The van der Waals surface area contributed by atoms with Crippen LogP contribution in [0.5, 0.6) is 0 Å². The minimum absolute atomic E-state index is 0.494. The molecule has 0 aromatic carbocycles. The van der Waals surface area contributed by atoms with E-state index in [9.17, 15) is 0 Å². The lowest BCUT2D eigenvalue weighted by molar-refractivity contribution is 0.454. The molecule has 0 aliphatic carbocycles. The van der Waals surface area contributed by atoms with Crippen molar-refractivity contribution in [2.24, 2.45) is 0 Å². The summed E-state index contributed by atoms with van der Waals surface area (Å²) in [4.78, 5) is 8.14. The summed E-state index contributed by atoms with van der Waals surface area (Å²) in [7, 11) is 0. The van der Waals surface area contributed by atoms with Crippen molar-refractivity contribution in [3.63, 3.8) is 0 Å². The van der Waals surface area contributed by atoms with Gasteiger partial charge in [0, 0.05) is 24.1 Å². The summed E-state index contributed by atoms with van der Waals surface area (Å²) in [5.41, 5.74) is 2.54. The largest absolute Gasteiger partial charge is 0.346 e. The van der Waals surface area contributed by atoms with E-state index in [1.165, 1.54) is 24.2 Å². The number of piperidine rings is 1. The van der Waals surface area contributed by atoms with E-state index < -0.39 is 0 Å². The normalized spacial score (nSPS) is 22.3. The molecule has 2 heterocycles. The van der Waals surface area contributed by atoms with Gasteiger partial charge in [-0.15, -0.1) is 0 Å². The average Bonchev–Trinajstić information content (AvgIpc) is 2.62. The number of nitrogens with zero attached hydrogens (tertiary/aromatic N) is 1. The topological polar surface area (TPSA) is 40.7 Å². The summed E-state index contributed by atoms with van der Waals surface area (Å²) >= 11 is 0. The molecule has 1 aliphatic heterocycles. The summed E-state index contributed by atoms with van der Waals surface area (Å²) in [6, 6.07) is 0. The summed E-state index contributed by atoms with van der Waals surface area (Å²) in [6.07, 6.45) is 2.55. The fourth-order valence-electron chi connectivity index (χ4n) is 2.25. The first-order chi connectivity index (χ1) is 7.18. The third kappa shape index (κ3) is 2.23. The van der Waals surface area contributed by atoms with Crippen LogP contribution in [0.1, 0.15) is 55.7 Å². The van der Waals surface area contributed by atoms with Gasteiger partial charge in [0.25, 0.3) is 0 Å². The number of aryl methyl sites for hydroxylation is 1. The van der Waals surface area contributed by atoms with Crippen LogP contribution in [-0.4, -0.2) is 23.1 Å². The molecule has 1 saturated heterocycles. The highest BCUT2D eigenvalue weighted by atomic mass is 15.0. The van der Waals surface area contributed by atoms with E-state index in [-0.39, 0.29) is 0 Å². The maximum atomic E-state index is 4.74. The van der Waals surface area contributed by atoms with Crippen LogP contribution in [0.4, 0.5) is 0 Å². The highest BCUT2D eigenvalue weighted by Gasteiger charge is 2.20. The highest BCUT2D eigenvalue weighted by Crippen LogP contribution is 2.25. The highest BCUT2D eigenvalue weighted by molar-refractivity contribution is 5.20.